The number of phenols is 1. The number of hydrogen-bond donors (Lipinski definition) is 4. The molecule has 1 aliphatic rings. The van der Waals surface area contributed by atoms with E-state index in [2.05, 4.69) is 10.6 Å². The lowest BCUT2D eigenvalue weighted by molar-refractivity contribution is -0.140. The SMILES string of the molecule is O=C(NCc1cccc(O)c1)c1ccc(C(=O)NC2(C(=O)O)CC2I)c(Cl)c1. The molecule has 1 aliphatic carbocycles. The van der Waals surface area contributed by atoms with E-state index in [1.165, 1.54) is 30.3 Å². The number of benzene rings is 2. The fourth-order valence-electron chi connectivity index (χ4n) is 2.69. The predicted octanol–water partition coefficient (Wildman–Crippen LogP) is 2.74. The molecule has 2 aromatic carbocycles. The highest BCUT2D eigenvalue weighted by atomic mass is 127. The molecule has 2 amide bonds. The summed E-state index contributed by atoms with van der Waals surface area (Å²) >= 11 is 8.13. The average Bonchev–Trinajstić information content (AvgIpc) is 3.30. The zero-order valence-corrected chi connectivity index (χ0v) is 17.3. The molecule has 0 radical (unpaired) electrons. The molecule has 0 saturated heterocycles. The van der Waals surface area contributed by atoms with Crippen LogP contribution < -0.4 is 10.6 Å². The Kier molecular flexibility index (Phi) is 5.80. The fourth-order valence-corrected chi connectivity index (χ4v) is 4.07. The lowest BCUT2D eigenvalue weighted by atomic mass is 10.1. The van der Waals surface area contributed by atoms with Crippen LogP contribution in [0.2, 0.25) is 5.02 Å². The summed E-state index contributed by atoms with van der Waals surface area (Å²) in [6.07, 6.45) is 0.349. The number of hydrogen-bond acceptors (Lipinski definition) is 4. The van der Waals surface area contributed by atoms with Gasteiger partial charge in [-0.05, 0) is 42.3 Å². The minimum Gasteiger partial charge on any atom is -0.508 e. The summed E-state index contributed by atoms with van der Waals surface area (Å²) in [5.74, 6) is -1.97. The van der Waals surface area contributed by atoms with Crippen molar-refractivity contribution >= 4 is 52.0 Å². The maximum absolute atomic E-state index is 12.4. The third kappa shape index (κ3) is 4.22. The number of carbonyl (C=O) groups is 3. The maximum Gasteiger partial charge on any atom is 0.330 e. The highest BCUT2D eigenvalue weighted by Gasteiger charge is 2.60. The van der Waals surface area contributed by atoms with Gasteiger partial charge in [-0.1, -0.05) is 46.3 Å². The Hall–Kier alpha value is -2.33. The predicted molar refractivity (Wildman–Crippen MR) is 111 cm³/mol. The van der Waals surface area contributed by atoms with Crippen LogP contribution in [0, 0.1) is 0 Å². The Morgan fingerprint density at radius 3 is 2.46 bits per heavy atom. The molecule has 2 atom stereocenters. The van der Waals surface area contributed by atoms with Crippen molar-refractivity contribution in [3.63, 3.8) is 0 Å². The molecule has 0 aliphatic heterocycles. The second-order valence-electron chi connectivity index (χ2n) is 6.45. The number of halogens is 2. The van der Waals surface area contributed by atoms with Crippen molar-refractivity contribution in [2.45, 2.75) is 22.4 Å². The van der Waals surface area contributed by atoms with Crippen LogP contribution in [-0.2, 0) is 11.3 Å². The van der Waals surface area contributed by atoms with Crippen LogP contribution in [0.15, 0.2) is 42.5 Å². The molecule has 9 heteroatoms. The minimum atomic E-state index is -1.27. The Balaban J connectivity index is 1.67. The monoisotopic (exact) mass is 514 g/mol. The lowest BCUT2D eigenvalue weighted by Gasteiger charge is -2.14. The molecule has 0 spiro atoms. The number of carboxylic acid groups (broad SMARTS) is 1. The first kappa shape index (κ1) is 20.4. The van der Waals surface area contributed by atoms with Crippen molar-refractivity contribution in [3.05, 3.63) is 64.2 Å². The Bertz CT molecular complexity index is 967. The van der Waals surface area contributed by atoms with E-state index in [1.807, 2.05) is 22.6 Å². The molecule has 0 aromatic heterocycles. The molecule has 2 unspecified atom stereocenters. The van der Waals surface area contributed by atoms with Gasteiger partial charge < -0.3 is 20.8 Å². The quantitative estimate of drug-likeness (QED) is 0.350. The van der Waals surface area contributed by atoms with Crippen LogP contribution in [0.5, 0.6) is 5.75 Å². The molecule has 4 N–H and O–H groups in total. The van der Waals surface area contributed by atoms with Crippen LogP contribution in [0.25, 0.3) is 0 Å². The summed E-state index contributed by atoms with van der Waals surface area (Å²) in [7, 11) is 0. The van der Waals surface area contributed by atoms with Crippen molar-refractivity contribution in [3.8, 4) is 5.75 Å². The standard InChI is InChI=1S/C19H16ClIN2O5/c20-14-7-11(16(25)22-9-10-2-1-3-12(24)6-10)4-5-13(14)17(26)23-19(18(27)28)8-15(19)21/h1-7,15,24H,8-9H2,(H,22,25)(H,23,26)(H,27,28). The minimum absolute atomic E-state index is 0.0497. The number of alkyl halides is 1. The largest absolute Gasteiger partial charge is 0.508 e. The summed E-state index contributed by atoms with van der Waals surface area (Å²) in [6, 6.07) is 10.7. The molecule has 7 nitrogen and oxygen atoms in total. The van der Waals surface area contributed by atoms with Crippen LogP contribution in [0.4, 0.5) is 0 Å². The molecular formula is C19H16ClIN2O5. The molecule has 1 fully saturated rings. The first-order chi connectivity index (χ1) is 13.2. The molecule has 0 bridgehead atoms. The van der Waals surface area contributed by atoms with Gasteiger partial charge >= 0.3 is 5.97 Å². The zero-order chi connectivity index (χ0) is 20.5. The van der Waals surface area contributed by atoms with Gasteiger partial charge in [0.25, 0.3) is 11.8 Å². The molecule has 3 rings (SSSR count). The zero-order valence-electron chi connectivity index (χ0n) is 14.4. The average molecular weight is 515 g/mol. The molecule has 0 heterocycles. The van der Waals surface area contributed by atoms with E-state index >= 15 is 0 Å². The van der Waals surface area contributed by atoms with Gasteiger partial charge in [-0.2, -0.15) is 0 Å². The summed E-state index contributed by atoms with van der Waals surface area (Å²) in [5.41, 5.74) is -0.180. The van der Waals surface area contributed by atoms with E-state index in [0.717, 1.165) is 5.56 Å². The summed E-state index contributed by atoms with van der Waals surface area (Å²) < 4.78 is -0.187. The number of aliphatic carboxylic acids is 1. The second kappa shape index (κ2) is 7.96. The number of aromatic hydroxyl groups is 1. The van der Waals surface area contributed by atoms with Gasteiger partial charge in [0.05, 0.1) is 10.6 Å². The van der Waals surface area contributed by atoms with Gasteiger partial charge in [0.15, 0.2) is 5.54 Å². The number of rotatable bonds is 6. The van der Waals surface area contributed by atoms with Crippen molar-refractivity contribution < 1.29 is 24.6 Å². The van der Waals surface area contributed by atoms with Gasteiger partial charge in [-0.25, -0.2) is 4.79 Å². The summed E-state index contributed by atoms with van der Waals surface area (Å²) in [6.45, 7) is 0.214. The van der Waals surface area contributed by atoms with Crippen molar-refractivity contribution in [2.75, 3.05) is 0 Å². The molecule has 28 heavy (non-hydrogen) atoms. The Labute approximate surface area is 179 Å². The van der Waals surface area contributed by atoms with E-state index in [0.29, 0.717) is 6.42 Å². The highest BCUT2D eigenvalue weighted by Crippen LogP contribution is 2.43. The number of carboxylic acids is 1. The highest BCUT2D eigenvalue weighted by molar-refractivity contribution is 14.1. The van der Waals surface area contributed by atoms with E-state index in [1.54, 1.807) is 12.1 Å². The molecular weight excluding hydrogens is 499 g/mol. The number of carbonyl (C=O) groups excluding carboxylic acids is 2. The van der Waals surface area contributed by atoms with E-state index in [4.69, 9.17) is 11.6 Å². The molecule has 146 valence electrons. The lowest BCUT2D eigenvalue weighted by Crippen LogP contribution is -2.45. The van der Waals surface area contributed by atoms with Gasteiger partial charge in [0.1, 0.15) is 5.75 Å². The normalized spacial score (nSPS) is 20.3. The van der Waals surface area contributed by atoms with Gasteiger partial charge in [0.2, 0.25) is 0 Å². The van der Waals surface area contributed by atoms with Crippen molar-refractivity contribution in [1.82, 2.24) is 10.6 Å². The Morgan fingerprint density at radius 1 is 1.18 bits per heavy atom. The van der Waals surface area contributed by atoms with Gasteiger partial charge in [-0.3, -0.25) is 9.59 Å². The number of phenolic OH excluding ortho intramolecular Hbond substituents is 1. The maximum atomic E-state index is 12.4. The van der Waals surface area contributed by atoms with Crippen molar-refractivity contribution in [1.29, 1.82) is 0 Å². The van der Waals surface area contributed by atoms with Gasteiger partial charge in [-0.15, -0.1) is 0 Å². The second-order valence-corrected chi connectivity index (χ2v) is 8.36. The third-order valence-electron chi connectivity index (χ3n) is 4.43. The summed E-state index contributed by atoms with van der Waals surface area (Å²) in [5, 5.41) is 24.0. The van der Waals surface area contributed by atoms with Crippen LogP contribution in [0.3, 0.4) is 0 Å². The first-order valence-corrected chi connectivity index (χ1v) is 9.91. The third-order valence-corrected chi connectivity index (χ3v) is 6.25. The van der Waals surface area contributed by atoms with E-state index in [-0.39, 0.29) is 32.4 Å². The van der Waals surface area contributed by atoms with Crippen LogP contribution in [-0.4, -0.2) is 37.5 Å². The Morgan fingerprint density at radius 2 is 1.89 bits per heavy atom. The fraction of sp³-hybridized carbons (Fsp3) is 0.211. The molecule has 2 aromatic rings. The van der Waals surface area contributed by atoms with Crippen molar-refractivity contribution in [2.24, 2.45) is 0 Å². The first-order valence-electron chi connectivity index (χ1n) is 8.28. The van der Waals surface area contributed by atoms with E-state index < -0.39 is 23.3 Å². The number of amides is 2. The van der Waals surface area contributed by atoms with E-state index in [9.17, 15) is 24.6 Å². The van der Waals surface area contributed by atoms with Crippen LogP contribution >= 0.6 is 34.2 Å². The van der Waals surface area contributed by atoms with Crippen LogP contribution in [0.1, 0.15) is 32.7 Å². The summed E-state index contributed by atoms with van der Waals surface area (Å²) in [4.78, 5) is 36.1. The topological polar surface area (TPSA) is 116 Å². The molecule has 1 saturated carbocycles. The smallest absolute Gasteiger partial charge is 0.330 e. The number of nitrogens with one attached hydrogen (secondary N) is 2. The van der Waals surface area contributed by atoms with Gasteiger partial charge in [0, 0.05) is 16.0 Å².